The third kappa shape index (κ3) is 4.19. The summed E-state index contributed by atoms with van der Waals surface area (Å²) >= 11 is 0. The highest BCUT2D eigenvalue weighted by Crippen LogP contribution is 2.35. The van der Waals surface area contributed by atoms with Gasteiger partial charge in [-0.2, -0.15) is 0 Å². The Labute approximate surface area is 133 Å². The molecule has 1 saturated heterocycles. The number of carbonyl (C=O) groups excluding carboxylic acids is 1. The third-order valence-electron chi connectivity index (χ3n) is 4.17. The molecule has 1 aliphatic heterocycles. The fraction of sp³-hybridized carbons (Fsp3) is 0.562. The Kier molecular flexibility index (Phi) is 7.15. The zero-order chi connectivity index (χ0) is 14.4. The number of halogens is 1. The minimum atomic E-state index is -0.438. The number of hydrogen-bond donors (Lipinski definition) is 2. The van der Waals surface area contributed by atoms with Crippen LogP contribution in [-0.2, 0) is 14.9 Å². The number of rotatable bonds is 5. The SMILES string of the molecule is CNC(C)CNC(=O)C1(c2ccccc2)CCOCC1.Cl. The Morgan fingerprint density at radius 3 is 2.48 bits per heavy atom. The van der Waals surface area contributed by atoms with E-state index in [1.54, 1.807) is 0 Å². The maximum atomic E-state index is 12.7. The molecule has 2 N–H and O–H groups in total. The zero-order valence-corrected chi connectivity index (χ0v) is 13.5. The Bertz CT molecular complexity index is 433. The molecule has 5 heteroatoms. The van der Waals surface area contributed by atoms with Crippen molar-refractivity contribution in [3.05, 3.63) is 35.9 Å². The fourth-order valence-electron chi connectivity index (χ4n) is 2.64. The van der Waals surface area contributed by atoms with Crippen LogP contribution >= 0.6 is 12.4 Å². The lowest BCUT2D eigenvalue weighted by atomic mass is 9.73. The standard InChI is InChI=1S/C16H24N2O2.ClH/c1-13(17-2)12-18-15(19)16(8-10-20-11-9-16)14-6-4-3-5-7-14;/h3-7,13,17H,8-12H2,1-2H3,(H,18,19);1H. The first-order valence-corrected chi connectivity index (χ1v) is 7.28. The van der Waals surface area contributed by atoms with Crippen LogP contribution in [0.4, 0.5) is 0 Å². The van der Waals surface area contributed by atoms with Crippen LogP contribution in [0.15, 0.2) is 30.3 Å². The monoisotopic (exact) mass is 312 g/mol. The summed E-state index contributed by atoms with van der Waals surface area (Å²) in [5.74, 6) is 0.120. The van der Waals surface area contributed by atoms with E-state index in [0.717, 1.165) is 18.4 Å². The molecule has 4 nitrogen and oxygen atoms in total. The first-order valence-electron chi connectivity index (χ1n) is 7.28. The predicted molar refractivity (Wildman–Crippen MR) is 87.0 cm³/mol. The number of likely N-dealkylation sites (N-methyl/N-ethyl adjacent to an activating group) is 1. The van der Waals surface area contributed by atoms with Gasteiger partial charge in [0.05, 0.1) is 5.41 Å². The van der Waals surface area contributed by atoms with E-state index in [2.05, 4.69) is 17.6 Å². The van der Waals surface area contributed by atoms with Crippen LogP contribution in [0.2, 0.25) is 0 Å². The highest BCUT2D eigenvalue weighted by molar-refractivity contribution is 5.88. The number of ether oxygens (including phenoxy) is 1. The van der Waals surface area contributed by atoms with E-state index >= 15 is 0 Å². The maximum Gasteiger partial charge on any atom is 0.230 e. The van der Waals surface area contributed by atoms with E-state index in [4.69, 9.17) is 4.74 Å². The minimum Gasteiger partial charge on any atom is -0.381 e. The zero-order valence-electron chi connectivity index (χ0n) is 12.7. The predicted octanol–water partition coefficient (Wildman–Crippen LogP) is 1.88. The highest BCUT2D eigenvalue weighted by Gasteiger charge is 2.41. The average molecular weight is 313 g/mol. The molecule has 0 radical (unpaired) electrons. The molecule has 1 fully saturated rings. The molecule has 0 saturated carbocycles. The molecule has 1 amide bonds. The second-order valence-electron chi connectivity index (χ2n) is 5.46. The van der Waals surface area contributed by atoms with Gasteiger partial charge in [0.25, 0.3) is 0 Å². The second kappa shape index (κ2) is 8.37. The Morgan fingerprint density at radius 2 is 1.90 bits per heavy atom. The normalized spacial score (nSPS) is 18.4. The topological polar surface area (TPSA) is 50.4 Å². The van der Waals surface area contributed by atoms with Gasteiger partial charge in [-0.15, -0.1) is 12.4 Å². The summed E-state index contributed by atoms with van der Waals surface area (Å²) in [7, 11) is 1.90. The van der Waals surface area contributed by atoms with Crippen LogP contribution in [0, 0.1) is 0 Å². The molecule has 0 aromatic heterocycles. The molecule has 2 rings (SSSR count). The average Bonchev–Trinajstić information content (AvgIpc) is 2.53. The lowest BCUT2D eigenvalue weighted by Crippen LogP contribution is -2.50. The van der Waals surface area contributed by atoms with Gasteiger partial charge in [0.1, 0.15) is 0 Å². The largest absolute Gasteiger partial charge is 0.381 e. The van der Waals surface area contributed by atoms with Crippen molar-refractivity contribution in [2.24, 2.45) is 0 Å². The van der Waals surface area contributed by atoms with E-state index in [9.17, 15) is 4.79 Å². The van der Waals surface area contributed by atoms with Crippen LogP contribution in [0.25, 0.3) is 0 Å². The summed E-state index contributed by atoms with van der Waals surface area (Å²) in [5, 5.41) is 6.22. The van der Waals surface area contributed by atoms with Crippen molar-refractivity contribution in [3.63, 3.8) is 0 Å². The molecular formula is C16H25ClN2O2. The van der Waals surface area contributed by atoms with Crippen LogP contribution in [0.1, 0.15) is 25.3 Å². The Balaban J connectivity index is 0.00000220. The number of benzene rings is 1. The summed E-state index contributed by atoms with van der Waals surface area (Å²) in [6.07, 6.45) is 1.49. The van der Waals surface area contributed by atoms with Crippen molar-refractivity contribution in [2.75, 3.05) is 26.8 Å². The van der Waals surface area contributed by atoms with Gasteiger partial charge in [-0.3, -0.25) is 4.79 Å². The molecule has 0 aliphatic carbocycles. The van der Waals surface area contributed by atoms with E-state index in [1.165, 1.54) is 0 Å². The van der Waals surface area contributed by atoms with Gasteiger partial charge < -0.3 is 15.4 Å². The summed E-state index contributed by atoms with van der Waals surface area (Å²) in [6.45, 7) is 3.98. The molecule has 1 heterocycles. The Hall–Kier alpha value is -1.10. The lowest BCUT2D eigenvalue weighted by Gasteiger charge is -2.36. The molecule has 1 aromatic carbocycles. The first kappa shape index (κ1) is 18.0. The van der Waals surface area contributed by atoms with Crippen molar-refractivity contribution in [1.29, 1.82) is 0 Å². The van der Waals surface area contributed by atoms with Gasteiger partial charge in [0.2, 0.25) is 5.91 Å². The molecule has 1 aliphatic rings. The fourth-order valence-corrected chi connectivity index (χ4v) is 2.64. The van der Waals surface area contributed by atoms with E-state index < -0.39 is 5.41 Å². The molecule has 1 aromatic rings. The van der Waals surface area contributed by atoms with Crippen LogP contribution < -0.4 is 10.6 Å². The second-order valence-corrected chi connectivity index (χ2v) is 5.46. The smallest absolute Gasteiger partial charge is 0.230 e. The van der Waals surface area contributed by atoms with Crippen LogP contribution in [0.5, 0.6) is 0 Å². The molecule has 118 valence electrons. The number of hydrogen-bond acceptors (Lipinski definition) is 3. The van der Waals surface area contributed by atoms with Crippen molar-refractivity contribution in [3.8, 4) is 0 Å². The van der Waals surface area contributed by atoms with Gasteiger partial charge in [-0.05, 0) is 32.4 Å². The van der Waals surface area contributed by atoms with Gasteiger partial charge in [0, 0.05) is 25.8 Å². The van der Waals surface area contributed by atoms with Gasteiger partial charge in [0.15, 0.2) is 0 Å². The van der Waals surface area contributed by atoms with Crippen molar-refractivity contribution < 1.29 is 9.53 Å². The van der Waals surface area contributed by atoms with E-state index in [-0.39, 0.29) is 24.4 Å². The van der Waals surface area contributed by atoms with E-state index in [1.807, 2.05) is 37.4 Å². The summed E-state index contributed by atoms with van der Waals surface area (Å²) in [5.41, 5.74) is 0.658. The Morgan fingerprint density at radius 1 is 1.29 bits per heavy atom. The molecule has 0 spiro atoms. The van der Waals surface area contributed by atoms with Crippen LogP contribution in [-0.4, -0.2) is 38.8 Å². The van der Waals surface area contributed by atoms with Crippen molar-refractivity contribution >= 4 is 18.3 Å². The van der Waals surface area contributed by atoms with Gasteiger partial charge >= 0.3 is 0 Å². The summed E-state index contributed by atoms with van der Waals surface area (Å²) < 4.78 is 5.45. The van der Waals surface area contributed by atoms with Gasteiger partial charge in [-0.1, -0.05) is 30.3 Å². The van der Waals surface area contributed by atoms with Gasteiger partial charge in [-0.25, -0.2) is 0 Å². The maximum absolute atomic E-state index is 12.7. The number of nitrogens with one attached hydrogen (secondary N) is 2. The quantitative estimate of drug-likeness (QED) is 0.873. The van der Waals surface area contributed by atoms with Crippen molar-refractivity contribution in [1.82, 2.24) is 10.6 Å². The minimum absolute atomic E-state index is 0. The summed E-state index contributed by atoms with van der Waals surface area (Å²) in [6, 6.07) is 10.3. The molecule has 1 unspecified atom stereocenters. The molecule has 21 heavy (non-hydrogen) atoms. The van der Waals surface area contributed by atoms with Crippen LogP contribution in [0.3, 0.4) is 0 Å². The van der Waals surface area contributed by atoms with Crippen molar-refractivity contribution in [2.45, 2.75) is 31.2 Å². The highest BCUT2D eigenvalue weighted by atomic mass is 35.5. The van der Waals surface area contributed by atoms with E-state index in [0.29, 0.717) is 19.8 Å². The molecule has 0 bridgehead atoms. The molecule has 1 atom stereocenters. The third-order valence-corrected chi connectivity index (χ3v) is 4.17. The molecular weight excluding hydrogens is 288 g/mol. The lowest BCUT2D eigenvalue weighted by molar-refractivity contribution is -0.130. The first-order chi connectivity index (χ1) is 9.69. The number of amides is 1. The number of carbonyl (C=O) groups is 1. The summed E-state index contributed by atoms with van der Waals surface area (Å²) in [4.78, 5) is 12.7.